The minimum Gasteiger partial charge on any atom is -0.0616 e. The van der Waals surface area contributed by atoms with Crippen molar-refractivity contribution in [1.29, 1.82) is 0 Å². The lowest BCUT2D eigenvalue weighted by atomic mass is 9.88. The zero-order valence-electron chi connectivity index (χ0n) is 18.2. The molecule has 0 heteroatoms. The molecule has 152 valence electrons. The van der Waals surface area contributed by atoms with Gasteiger partial charge in [-0.15, -0.1) is 0 Å². The number of fused-ring (bicyclic) bond motifs is 3. The van der Waals surface area contributed by atoms with Crippen molar-refractivity contribution >= 4 is 32.3 Å². The number of rotatable bonds is 3. The predicted octanol–water partition coefficient (Wildman–Crippen LogP) is 9.04. The smallest absolute Gasteiger partial charge is 0.00672 e. The standard InChI is InChI=1S/C32H24/c1-2-22-12-7-13-31-29(27-16-14-23-8-3-5-10-25(23)20-27)18-19-30(32(22)31)28-17-15-24-9-4-6-11-26(24)21-28/h3-21H,2H2,1H3. The van der Waals surface area contributed by atoms with E-state index in [1.165, 1.54) is 60.1 Å². The molecule has 0 amide bonds. The van der Waals surface area contributed by atoms with Crippen molar-refractivity contribution in [3.8, 4) is 22.3 Å². The molecule has 0 spiro atoms. The van der Waals surface area contributed by atoms with Gasteiger partial charge in [0, 0.05) is 0 Å². The van der Waals surface area contributed by atoms with Crippen LogP contribution < -0.4 is 0 Å². The Kier molecular flexibility index (Phi) is 4.51. The molecule has 0 atom stereocenters. The molecule has 0 saturated carbocycles. The molecule has 0 nitrogen and oxygen atoms in total. The van der Waals surface area contributed by atoms with E-state index >= 15 is 0 Å². The average Bonchev–Trinajstić information content (AvgIpc) is 2.87. The lowest BCUT2D eigenvalue weighted by Crippen LogP contribution is -1.91. The number of hydrogen-bond acceptors (Lipinski definition) is 0. The summed E-state index contributed by atoms with van der Waals surface area (Å²) in [5.74, 6) is 0. The molecule has 6 rings (SSSR count). The minimum atomic E-state index is 1.01. The van der Waals surface area contributed by atoms with Crippen molar-refractivity contribution < 1.29 is 0 Å². The fourth-order valence-electron chi connectivity index (χ4n) is 4.98. The molecule has 0 saturated heterocycles. The first-order chi connectivity index (χ1) is 15.8. The van der Waals surface area contributed by atoms with Gasteiger partial charge >= 0.3 is 0 Å². The molecule has 0 unspecified atom stereocenters. The highest BCUT2D eigenvalue weighted by Gasteiger charge is 2.13. The Hall–Kier alpha value is -3.90. The lowest BCUT2D eigenvalue weighted by molar-refractivity contribution is 1.16. The van der Waals surface area contributed by atoms with Crippen molar-refractivity contribution in [1.82, 2.24) is 0 Å². The monoisotopic (exact) mass is 408 g/mol. The first-order valence-electron chi connectivity index (χ1n) is 11.3. The summed E-state index contributed by atoms with van der Waals surface area (Å²) in [4.78, 5) is 0. The second-order valence-corrected chi connectivity index (χ2v) is 8.48. The highest BCUT2D eigenvalue weighted by molar-refractivity contribution is 6.08. The van der Waals surface area contributed by atoms with Crippen LogP contribution in [0.5, 0.6) is 0 Å². The Bertz CT molecular complexity index is 1600. The Labute approximate surface area is 188 Å². The molecule has 0 aliphatic carbocycles. The van der Waals surface area contributed by atoms with Crippen LogP contribution in [0.3, 0.4) is 0 Å². The topological polar surface area (TPSA) is 0 Å². The van der Waals surface area contributed by atoms with Gasteiger partial charge in [-0.25, -0.2) is 0 Å². The second-order valence-electron chi connectivity index (χ2n) is 8.48. The normalized spacial score (nSPS) is 11.4. The second kappa shape index (κ2) is 7.66. The molecule has 0 heterocycles. The van der Waals surface area contributed by atoms with Crippen molar-refractivity contribution in [2.45, 2.75) is 13.3 Å². The number of hydrogen-bond donors (Lipinski definition) is 0. The van der Waals surface area contributed by atoms with Crippen molar-refractivity contribution in [3.05, 3.63) is 121 Å². The Morgan fingerprint density at radius 2 is 1.03 bits per heavy atom. The Balaban J connectivity index is 1.62. The summed E-state index contributed by atoms with van der Waals surface area (Å²) in [5, 5.41) is 7.82. The van der Waals surface area contributed by atoms with Gasteiger partial charge in [0.1, 0.15) is 0 Å². The van der Waals surface area contributed by atoms with E-state index in [0.717, 1.165) is 6.42 Å². The van der Waals surface area contributed by atoms with E-state index in [2.05, 4.69) is 122 Å². The van der Waals surface area contributed by atoms with Crippen molar-refractivity contribution in [3.63, 3.8) is 0 Å². The Morgan fingerprint density at radius 3 is 1.66 bits per heavy atom. The lowest BCUT2D eigenvalue weighted by Gasteiger charge is -2.16. The first kappa shape index (κ1) is 18.8. The fourth-order valence-corrected chi connectivity index (χ4v) is 4.98. The van der Waals surface area contributed by atoms with E-state index in [1.54, 1.807) is 0 Å². The largest absolute Gasteiger partial charge is 0.0616 e. The number of benzene rings is 6. The third kappa shape index (κ3) is 3.08. The third-order valence-corrected chi connectivity index (χ3v) is 6.63. The minimum absolute atomic E-state index is 1.01. The fraction of sp³-hybridized carbons (Fsp3) is 0.0625. The molecule has 0 N–H and O–H groups in total. The summed E-state index contributed by atoms with van der Waals surface area (Å²) in [5.41, 5.74) is 6.55. The average molecular weight is 409 g/mol. The molecule has 0 aliphatic rings. The highest BCUT2D eigenvalue weighted by Crippen LogP contribution is 2.39. The molecule has 0 aliphatic heterocycles. The van der Waals surface area contributed by atoms with E-state index in [1.807, 2.05) is 0 Å². The molecular weight excluding hydrogens is 384 g/mol. The van der Waals surface area contributed by atoms with Crippen LogP contribution in [-0.4, -0.2) is 0 Å². The molecule has 32 heavy (non-hydrogen) atoms. The van der Waals surface area contributed by atoms with Gasteiger partial charge in [-0.3, -0.25) is 0 Å². The van der Waals surface area contributed by atoms with Crippen LogP contribution >= 0.6 is 0 Å². The van der Waals surface area contributed by atoms with Crippen LogP contribution in [0.25, 0.3) is 54.6 Å². The van der Waals surface area contributed by atoms with E-state index in [4.69, 9.17) is 0 Å². The van der Waals surface area contributed by atoms with Gasteiger partial charge < -0.3 is 0 Å². The van der Waals surface area contributed by atoms with Crippen molar-refractivity contribution in [2.75, 3.05) is 0 Å². The molecule has 0 bridgehead atoms. The quantitative estimate of drug-likeness (QED) is 0.274. The van der Waals surface area contributed by atoms with Gasteiger partial charge in [-0.05, 0) is 78.7 Å². The zero-order valence-corrected chi connectivity index (χ0v) is 18.2. The van der Waals surface area contributed by atoms with E-state index in [0.29, 0.717) is 0 Å². The van der Waals surface area contributed by atoms with E-state index in [9.17, 15) is 0 Å². The molecule has 0 aromatic heterocycles. The summed E-state index contributed by atoms with van der Waals surface area (Å²) in [6, 6.07) is 42.2. The summed E-state index contributed by atoms with van der Waals surface area (Å²) >= 11 is 0. The van der Waals surface area contributed by atoms with Crippen LogP contribution in [0.2, 0.25) is 0 Å². The Morgan fingerprint density at radius 1 is 0.469 bits per heavy atom. The van der Waals surface area contributed by atoms with Gasteiger partial charge in [-0.1, -0.05) is 110 Å². The molecular formula is C32H24. The maximum atomic E-state index is 2.33. The number of aryl methyl sites for hydroxylation is 1. The highest BCUT2D eigenvalue weighted by atomic mass is 14.2. The third-order valence-electron chi connectivity index (χ3n) is 6.63. The van der Waals surface area contributed by atoms with Gasteiger partial charge in [0.25, 0.3) is 0 Å². The van der Waals surface area contributed by atoms with Crippen LogP contribution in [0, 0.1) is 0 Å². The van der Waals surface area contributed by atoms with Gasteiger partial charge in [-0.2, -0.15) is 0 Å². The summed E-state index contributed by atoms with van der Waals surface area (Å²) in [7, 11) is 0. The van der Waals surface area contributed by atoms with E-state index in [-0.39, 0.29) is 0 Å². The summed E-state index contributed by atoms with van der Waals surface area (Å²) < 4.78 is 0. The van der Waals surface area contributed by atoms with Crippen LogP contribution in [0.4, 0.5) is 0 Å². The summed E-state index contributed by atoms with van der Waals surface area (Å²) in [6.45, 7) is 2.25. The van der Waals surface area contributed by atoms with Gasteiger partial charge in [0.05, 0.1) is 0 Å². The SMILES string of the molecule is CCc1cccc2c(-c3ccc4ccccc4c3)ccc(-c3ccc4ccccc4c3)c12. The van der Waals surface area contributed by atoms with Gasteiger partial charge in [0.15, 0.2) is 0 Å². The van der Waals surface area contributed by atoms with Crippen molar-refractivity contribution in [2.24, 2.45) is 0 Å². The molecule has 0 radical (unpaired) electrons. The molecule has 0 fully saturated rings. The molecule has 6 aromatic carbocycles. The van der Waals surface area contributed by atoms with Gasteiger partial charge in [0.2, 0.25) is 0 Å². The van der Waals surface area contributed by atoms with Crippen LogP contribution in [-0.2, 0) is 6.42 Å². The predicted molar refractivity (Wildman–Crippen MR) is 139 cm³/mol. The maximum Gasteiger partial charge on any atom is -0.00672 e. The van der Waals surface area contributed by atoms with Crippen LogP contribution in [0.15, 0.2) is 115 Å². The molecule has 6 aromatic rings. The maximum absolute atomic E-state index is 2.33. The summed E-state index contributed by atoms with van der Waals surface area (Å²) in [6.07, 6.45) is 1.01. The zero-order chi connectivity index (χ0) is 21.5. The first-order valence-corrected chi connectivity index (χ1v) is 11.3. The van der Waals surface area contributed by atoms with Crippen LogP contribution in [0.1, 0.15) is 12.5 Å². The van der Waals surface area contributed by atoms with E-state index < -0.39 is 0 Å².